The molecule has 1 heterocycles. The second-order valence-electron chi connectivity index (χ2n) is 3.47. The maximum absolute atomic E-state index is 9.50. The number of anilines is 1. The Balaban J connectivity index is 2.32. The molecule has 0 amide bonds. The fourth-order valence-electron chi connectivity index (χ4n) is 1.33. The van der Waals surface area contributed by atoms with Crippen LogP contribution in [-0.4, -0.2) is 48.4 Å². The molecule has 0 saturated carbocycles. The van der Waals surface area contributed by atoms with E-state index in [0.29, 0.717) is 18.3 Å². The number of aliphatic hydroxyl groups is 1. The lowest BCUT2D eigenvalue weighted by Crippen LogP contribution is -2.31. The largest absolute Gasteiger partial charge is 0.389 e. The molecule has 1 unspecified atom stereocenters. The van der Waals surface area contributed by atoms with Crippen molar-refractivity contribution in [3.05, 3.63) is 11.1 Å². The minimum Gasteiger partial charge on any atom is -0.389 e. The van der Waals surface area contributed by atoms with Gasteiger partial charge in [0, 0.05) is 31.3 Å². The predicted octanol–water partition coefficient (Wildman–Crippen LogP) is 0.164. The molecule has 1 aromatic heterocycles. The molecule has 3 N–H and O–H groups in total. The van der Waals surface area contributed by atoms with Gasteiger partial charge in [-0.3, -0.25) is 4.90 Å². The molecular formula is C9H17N3O2S. The van der Waals surface area contributed by atoms with Gasteiger partial charge < -0.3 is 15.6 Å². The summed E-state index contributed by atoms with van der Waals surface area (Å²) in [6, 6.07) is 0. The van der Waals surface area contributed by atoms with Gasteiger partial charge in [-0.05, 0) is 7.05 Å². The number of aliphatic hydroxyl groups excluding tert-OH is 1. The monoisotopic (exact) mass is 231 g/mol. The van der Waals surface area contributed by atoms with Crippen LogP contribution in [0.15, 0.2) is 6.20 Å². The van der Waals surface area contributed by atoms with Crippen LogP contribution in [0.2, 0.25) is 0 Å². The third-order valence-corrected chi connectivity index (χ3v) is 2.69. The summed E-state index contributed by atoms with van der Waals surface area (Å²) in [6.07, 6.45) is 1.31. The quantitative estimate of drug-likeness (QED) is 0.730. The summed E-state index contributed by atoms with van der Waals surface area (Å²) in [4.78, 5) is 7.08. The van der Waals surface area contributed by atoms with Crippen molar-refractivity contribution in [2.24, 2.45) is 0 Å². The van der Waals surface area contributed by atoms with E-state index in [-0.39, 0.29) is 0 Å². The number of methoxy groups -OCH3 is 1. The third-order valence-electron chi connectivity index (χ3n) is 1.88. The zero-order chi connectivity index (χ0) is 11.3. The number of rotatable bonds is 6. The van der Waals surface area contributed by atoms with Crippen molar-refractivity contribution in [2.45, 2.75) is 12.6 Å². The van der Waals surface area contributed by atoms with Crippen LogP contribution in [-0.2, 0) is 11.3 Å². The number of aromatic nitrogens is 1. The first-order valence-electron chi connectivity index (χ1n) is 4.67. The van der Waals surface area contributed by atoms with Gasteiger partial charge in [-0.25, -0.2) is 4.98 Å². The third kappa shape index (κ3) is 4.57. The van der Waals surface area contributed by atoms with Gasteiger partial charge in [0.15, 0.2) is 5.13 Å². The number of ether oxygens (including phenoxy) is 1. The van der Waals surface area contributed by atoms with Crippen molar-refractivity contribution in [3.8, 4) is 0 Å². The summed E-state index contributed by atoms with van der Waals surface area (Å²) < 4.78 is 4.85. The Morgan fingerprint density at radius 2 is 2.47 bits per heavy atom. The fraction of sp³-hybridized carbons (Fsp3) is 0.667. The Labute approximate surface area is 93.5 Å². The minimum atomic E-state index is -0.453. The van der Waals surface area contributed by atoms with Crippen molar-refractivity contribution in [3.63, 3.8) is 0 Å². The molecule has 86 valence electrons. The van der Waals surface area contributed by atoms with Crippen molar-refractivity contribution >= 4 is 16.5 Å². The van der Waals surface area contributed by atoms with E-state index in [1.807, 2.05) is 11.9 Å². The molecule has 15 heavy (non-hydrogen) atoms. The smallest absolute Gasteiger partial charge is 0.180 e. The summed E-state index contributed by atoms with van der Waals surface area (Å²) in [5, 5.41) is 10.1. The topological polar surface area (TPSA) is 71.6 Å². The van der Waals surface area contributed by atoms with E-state index in [1.165, 1.54) is 11.3 Å². The standard InChI is InChI=1S/C9H17N3O2S/c1-12(4-7(13)6-14-2)5-8-3-11-9(10)15-8/h3,7,13H,4-6H2,1-2H3,(H2,10,11). The molecule has 0 aliphatic rings. The highest BCUT2D eigenvalue weighted by atomic mass is 32.1. The summed E-state index contributed by atoms with van der Waals surface area (Å²) in [7, 11) is 3.52. The van der Waals surface area contributed by atoms with Crippen molar-refractivity contribution in [2.75, 3.05) is 33.0 Å². The van der Waals surface area contributed by atoms with E-state index in [0.717, 1.165) is 11.4 Å². The molecule has 0 radical (unpaired) electrons. The predicted molar refractivity (Wildman–Crippen MR) is 60.7 cm³/mol. The van der Waals surface area contributed by atoms with E-state index in [9.17, 15) is 5.11 Å². The zero-order valence-corrected chi connectivity index (χ0v) is 9.83. The van der Waals surface area contributed by atoms with E-state index >= 15 is 0 Å². The average molecular weight is 231 g/mol. The molecule has 1 aromatic rings. The van der Waals surface area contributed by atoms with Gasteiger partial charge in [0.05, 0.1) is 12.7 Å². The average Bonchev–Trinajstić information content (AvgIpc) is 2.51. The summed E-state index contributed by atoms with van der Waals surface area (Å²) in [5.41, 5.74) is 5.52. The molecule has 0 aliphatic heterocycles. The first-order chi connectivity index (χ1) is 7.11. The van der Waals surface area contributed by atoms with Crippen LogP contribution < -0.4 is 5.73 Å². The molecule has 1 rings (SSSR count). The molecule has 0 aliphatic carbocycles. The zero-order valence-electron chi connectivity index (χ0n) is 9.01. The van der Waals surface area contributed by atoms with Crippen molar-refractivity contribution < 1.29 is 9.84 Å². The molecule has 0 saturated heterocycles. The Morgan fingerprint density at radius 1 is 1.73 bits per heavy atom. The lowest BCUT2D eigenvalue weighted by molar-refractivity contribution is 0.0420. The highest BCUT2D eigenvalue weighted by molar-refractivity contribution is 7.15. The highest BCUT2D eigenvalue weighted by Crippen LogP contribution is 2.15. The lowest BCUT2D eigenvalue weighted by atomic mass is 10.3. The maximum atomic E-state index is 9.50. The van der Waals surface area contributed by atoms with Gasteiger partial charge in [0.2, 0.25) is 0 Å². The Morgan fingerprint density at radius 3 is 3.00 bits per heavy atom. The van der Waals surface area contributed by atoms with Crippen molar-refractivity contribution in [1.29, 1.82) is 0 Å². The van der Waals surface area contributed by atoms with E-state index < -0.39 is 6.10 Å². The number of likely N-dealkylation sites (N-methyl/N-ethyl adjacent to an activating group) is 1. The van der Waals surface area contributed by atoms with Gasteiger partial charge >= 0.3 is 0 Å². The van der Waals surface area contributed by atoms with Crippen LogP contribution >= 0.6 is 11.3 Å². The highest BCUT2D eigenvalue weighted by Gasteiger charge is 2.09. The number of hydrogen-bond donors (Lipinski definition) is 2. The van der Waals surface area contributed by atoms with Crippen LogP contribution in [0, 0.1) is 0 Å². The first kappa shape index (κ1) is 12.4. The molecular weight excluding hydrogens is 214 g/mol. The Bertz CT molecular complexity index is 293. The van der Waals surface area contributed by atoms with Crippen LogP contribution in [0.3, 0.4) is 0 Å². The molecule has 6 heteroatoms. The molecule has 0 spiro atoms. The van der Waals surface area contributed by atoms with E-state index in [2.05, 4.69) is 4.98 Å². The molecule has 0 fully saturated rings. The SMILES string of the molecule is COCC(O)CN(C)Cc1cnc(N)s1. The second-order valence-corrected chi connectivity index (χ2v) is 4.62. The molecule has 0 bridgehead atoms. The molecule has 5 nitrogen and oxygen atoms in total. The maximum Gasteiger partial charge on any atom is 0.180 e. The molecule has 0 aromatic carbocycles. The van der Waals surface area contributed by atoms with Gasteiger partial charge in [-0.1, -0.05) is 0 Å². The lowest BCUT2D eigenvalue weighted by Gasteiger charge is -2.18. The summed E-state index contributed by atoms with van der Waals surface area (Å²) in [5.74, 6) is 0. The van der Waals surface area contributed by atoms with Gasteiger partial charge in [-0.2, -0.15) is 0 Å². The van der Waals surface area contributed by atoms with Gasteiger partial charge in [0.1, 0.15) is 0 Å². The number of thiazole rings is 1. The van der Waals surface area contributed by atoms with Crippen molar-refractivity contribution in [1.82, 2.24) is 9.88 Å². The fourth-order valence-corrected chi connectivity index (χ4v) is 2.10. The molecule has 1 atom stereocenters. The second kappa shape index (κ2) is 6.02. The van der Waals surface area contributed by atoms with Crippen LogP contribution in [0.5, 0.6) is 0 Å². The number of hydrogen-bond acceptors (Lipinski definition) is 6. The van der Waals surface area contributed by atoms with E-state index in [1.54, 1.807) is 13.3 Å². The number of nitrogens with zero attached hydrogens (tertiary/aromatic N) is 2. The Kier molecular flexibility index (Phi) is 4.97. The van der Waals surface area contributed by atoms with E-state index in [4.69, 9.17) is 10.5 Å². The number of nitrogens with two attached hydrogens (primary N) is 1. The van der Waals surface area contributed by atoms with Gasteiger partial charge in [0.25, 0.3) is 0 Å². The first-order valence-corrected chi connectivity index (χ1v) is 5.49. The summed E-state index contributed by atoms with van der Waals surface area (Å²) in [6.45, 7) is 1.68. The van der Waals surface area contributed by atoms with Gasteiger partial charge in [-0.15, -0.1) is 11.3 Å². The minimum absolute atomic E-state index is 0.356. The Hall–Kier alpha value is -0.690. The van der Waals surface area contributed by atoms with Crippen LogP contribution in [0.1, 0.15) is 4.88 Å². The summed E-state index contributed by atoms with van der Waals surface area (Å²) >= 11 is 1.47. The van der Waals surface area contributed by atoms with Crippen LogP contribution in [0.4, 0.5) is 5.13 Å². The normalized spacial score (nSPS) is 13.3. The van der Waals surface area contributed by atoms with Crippen LogP contribution in [0.25, 0.3) is 0 Å². The number of nitrogen functional groups attached to an aromatic ring is 1.